The van der Waals surface area contributed by atoms with Gasteiger partial charge in [0.1, 0.15) is 11.9 Å². The Labute approximate surface area is 181 Å². The Balaban J connectivity index is 1.77. The van der Waals surface area contributed by atoms with Crippen molar-refractivity contribution in [2.24, 2.45) is 10.9 Å². The Kier molecular flexibility index (Phi) is 8.14. The van der Waals surface area contributed by atoms with Crippen molar-refractivity contribution in [2.75, 3.05) is 26.2 Å². The topological polar surface area (TPSA) is 57.7 Å². The molecule has 0 aromatic heterocycles. The van der Waals surface area contributed by atoms with Crippen molar-refractivity contribution in [1.82, 2.24) is 16.0 Å². The zero-order valence-electron chi connectivity index (χ0n) is 18.8. The van der Waals surface area contributed by atoms with E-state index in [4.69, 9.17) is 9.73 Å². The molecule has 3 aliphatic rings. The Morgan fingerprint density at radius 1 is 1.30 bits per heavy atom. The fraction of sp³-hybridized carbons (Fsp3) is 0.480. The third kappa shape index (κ3) is 5.76. The second kappa shape index (κ2) is 11.0. The monoisotopic (exact) mass is 408 g/mol. The van der Waals surface area contributed by atoms with Crippen LogP contribution in [0.25, 0.3) is 0 Å². The van der Waals surface area contributed by atoms with Crippen LogP contribution in [0.5, 0.6) is 0 Å². The van der Waals surface area contributed by atoms with Crippen molar-refractivity contribution >= 4 is 5.71 Å². The largest absolute Gasteiger partial charge is 0.486 e. The summed E-state index contributed by atoms with van der Waals surface area (Å²) in [6.07, 6.45) is 17.3. The summed E-state index contributed by atoms with van der Waals surface area (Å²) in [5, 5.41) is 10.1. The first-order valence-electron chi connectivity index (χ1n) is 11.2. The highest BCUT2D eigenvalue weighted by molar-refractivity contribution is 6.13. The average molecular weight is 409 g/mol. The van der Waals surface area contributed by atoms with Gasteiger partial charge in [-0.05, 0) is 48.1 Å². The molecule has 0 unspecified atom stereocenters. The molecule has 1 saturated heterocycles. The molecule has 1 aliphatic carbocycles. The minimum Gasteiger partial charge on any atom is -0.486 e. The van der Waals surface area contributed by atoms with Crippen molar-refractivity contribution in [2.45, 2.75) is 46.6 Å². The van der Waals surface area contributed by atoms with Crippen molar-refractivity contribution in [3.8, 4) is 0 Å². The Morgan fingerprint density at radius 3 is 2.80 bits per heavy atom. The summed E-state index contributed by atoms with van der Waals surface area (Å²) >= 11 is 0. The number of nitrogens with zero attached hydrogens (tertiary/aromatic N) is 1. The number of rotatable bonds is 9. The Morgan fingerprint density at radius 2 is 2.13 bits per heavy atom. The quantitative estimate of drug-likeness (QED) is 0.537. The highest BCUT2D eigenvalue weighted by atomic mass is 16.5. The highest BCUT2D eigenvalue weighted by Crippen LogP contribution is 2.29. The lowest BCUT2D eigenvalue weighted by Gasteiger charge is -2.31. The fourth-order valence-corrected chi connectivity index (χ4v) is 3.54. The van der Waals surface area contributed by atoms with Gasteiger partial charge in [0.25, 0.3) is 0 Å². The first kappa shape index (κ1) is 22.2. The van der Waals surface area contributed by atoms with Gasteiger partial charge in [-0.3, -0.25) is 4.99 Å². The molecule has 1 fully saturated rings. The summed E-state index contributed by atoms with van der Waals surface area (Å²) in [4.78, 5) is 4.74. The van der Waals surface area contributed by atoms with Gasteiger partial charge in [0.05, 0.1) is 11.4 Å². The van der Waals surface area contributed by atoms with Crippen LogP contribution in [0.1, 0.15) is 40.5 Å². The van der Waals surface area contributed by atoms with E-state index in [-0.39, 0.29) is 6.10 Å². The van der Waals surface area contributed by atoms with Crippen LogP contribution in [-0.2, 0) is 4.74 Å². The molecule has 0 saturated carbocycles. The summed E-state index contributed by atoms with van der Waals surface area (Å²) in [6, 6.07) is 0. The number of hydrogen-bond acceptors (Lipinski definition) is 5. The lowest BCUT2D eigenvalue weighted by Crippen LogP contribution is -2.48. The summed E-state index contributed by atoms with van der Waals surface area (Å²) in [5.41, 5.74) is 5.91. The summed E-state index contributed by atoms with van der Waals surface area (Å²) in [6.45, 7) is 12.1. The van der Waals surface area contributed by atoms with Crippen molar-refractivity contribution < 1.29 is 4.74 Å². The normalized spacial score (nSPS) is 22.4. The number of nitrogens with one attached hydrogen (secondary N) is 3. The SMILES string of the molecule is C\C=C/N=C1\C=C(CNC2=CNCC=C2OC2CNC2)C=C(C(C)C)\C1=C/CCC. The third-order valence-corrected chi connectivity index (χ3v) is 5.31. The van der Waals surface area contributed by atoms with Crippen LogP contribution < -0.4 is 16.0 Å². The average Bonchev–Trinajstić information content (AvgIpc) is 2.72. The minimum absolute atomic E-state index is 0.270. The van der Waals surface area contributed by atoms with E-state index in [1.165, 1.54) is 16.7 Å². The van der Waals surface area contributed by atoms with Crippen LogP contribution in [0.3, 0.4) is 0 Å². The Hall–Kier alpha value is -2.53. The zero-order valence-corrected chi connectivity index (χ0v) is 18.8. The van der Waals surface area contributed by atoms with E-state index in [0.29, 0.717) is 5.92 Å². The summed E-state index contributed by atoms with van der Waals surface area (Å²) < 4.78 is 6.13. The maximum Gasteiger partial charge on any atom is 0.142 e. The molecule has 0 radical (unpaired) electrons. The van der Waals surface area contributed by atoms with Gasteiger partial charge in [0.2, 0.25) is 0 Å². The number of hydrogen-bond donors (Lipinski definition) is 3. The molecule has 0 aromatic carbocycles. The number of ether oxygens (including phenoxy) is 1. The van der Waals surface area contributed by atoms with Gasteiger partial charge in [-0.25, -0.2) is 0 Å². The second-order valence-electron chi connectivity index (χ2n) is 8.16. The molecular formula is C25H36N4O. The standard InChI is InChI=1S/C25H36N4O/c1-5-7-8-21-22(18(3)4)12-19(13-23(21)28-10-6-2)14-29-24-17-26-11-9-25(24)30-20-15-27-16-20/h6,8-10,12-13,17-18,20,26-27,29H,5,7,11,14-16H2,1-4H3/b10-6-,21-8+,28-23+. The lowest BCUT2D eigenvalue weighted by atomic mass is 9.85. The van der Waals surface area contributed by atoms with Gasteiger partial charge in [-0.15, -0.1) is 0 Å². The molecule has 0 bridgehead atoms. The van der Waals surface area contributed by atoms with E-state index >= 15 is 0 Å². The van der Waals surface area contributed by atoms with E-state index in [2.05, 4.69) is 61.0 Å². The van der Waals surface area contributed by atoms with Gasteiger partial charge in [-0.1, -0.05) is 45.4 Å². The first-order chi connectivity index (χ1) is 14.6. The predicted octanol–water partition coefficient (Wildman–Crippen LogP) is 4.12. The van der Waals surface area contributed by atoms with Crippen molar-refractivity contribution in [1.29, 1.82) is 0 Å². The molecule has 5 heteroatoms. The number of dihydropyridines is 1. The van der Waals surface area contributed by atoms with Gasteiger partial charge in [-0.2, -0.15) is 0 Å². The molecule has 0 aromatic rings. The number of allylic oxidation sites excluding steroid dienone is 5. The highest BCUT2D eigenvalue weighted by Gasteiger charge is 2.23. The zero-order chi connectivity index (χ0) is 21.3. The van der Waals surface area contributed by atoms with Crippen LogP contribution >= 0.6 is 0 Å². The second-order valence-corrected chi connectivity index (χ2v) is 8.16. The van der Waals surface area contributed by atoms with E-state index in [0.717, 1.165) is 56.2 Å². The molecule has 0 spiro atoms. The molecule has 2 heterocycles. The number of aliphatic imine (C=N–C) groups is 1. The van der Waals surface area contributed by atoms with Gasteiger partial charge >= 0.3 is 0 Å². The molecule has 2 aliphatic heterocycles. The molecule has 3 N–H and O–H groups in total. The van der Waals surface area contributed by atoms with Gasteiger partial charge in [0.15, 0.2) is 0 Å². The van der Waals surface area contributed by atoms with Gasteiger partial charge < -0.3 is 20.7 Å². The predicted molar refractivity (Wildman–Crippen MR) is 126 cm³/mol. The van der Waals surface area contributed by atoms with E-state index in [9.17, 15) is 0 Å². The maximum atomic E-state index is 6.13. The molecule has 0 amide bonds. The summed E-state index contributed by atoms with van der Waals surface area (Å²) in [7, 11) is 0. The van der Waals surface area contributed by atoms with E-state index in [1.54, 1.807) is 0 Å². The van der Waals surface area contributed by atoms with Crippen LogP contribution in [-0.4, -0.2) is 38.0 Å². The van der Waals surface area contributed by atoms with Crippen molar-refractivity contribution in [3.05, 3.63) is 71.0 Å². The first-order valence-corrected chi connectivity index (χ1v) is 11.2. The Bertz CT molecular complexity index is 820. The maximum absolute atomic E-state index is 6.13. The molecule has 0 atom stereocenters. The molecular weight excluding hydrogens is 372 g/mol. The fourth-order valence-electron chi connectivity index (χ4n) is 3.54. The van der Waals surface area contributed by atoms with Gasteiger partial charge in [0, 0.05) is 38.6 Å². The smallest absolute Gasteiger partial charge is 0.142 e. The third-order valence-electron chi connectivity index (χ3n) is 5.31. The van der Waals surface area contributed by atoms with Crippen molar-refractivity contribution in [3.63, 3.8) is 0 Å². The van der Waals surface area contributed by atoms with E-state index < -0.39 is 0 Å². The summed E-state index contributed by atoms with van der Waals surface area (Å²) in [5.74, 6) is 1.38. The minimum atomic E-state index is 0.270. The van der Waals surface area contributed by atoms with Crippen LogP contribution in [0.15, 0.2) is 75.9 Å². The molecule has 5 nitrogen and oxygen atoms in total. The van der Waals surface area contributed by atoms with Crippen LogP contribution in [0.2, 0.25) is 0 Å². The van der Waals surface area contributed by atoms with Crippen LogP contribution in [0.4, 0.5) is 0 Å². The van der Waals surface area contributed by atoms with Crippen LogP contribution in [0, 0.1) is 5.92 Å². The molecule has 162 valence electrons. The number of unbranched alkanes of at least 4 members (excludes halogenated alkanes) is 1. The lowest BCUT2D eigenvalue weighted by molar-refractivity contribution is 0.0736. The molecule has 3 rings (SSSR count). The molecule has 30 heavy (non-hydrogen) atoms. The van der Waals surface area contributed by atoms with E-state index in [1.807, 2.05) is 25.4 Å².